The van der Waals surface area contributed by atoms with Crippen molar-refractivity contribution in [3.63, 3.8) is 0 Å². The van der Waals surface area contributed by atoms with Crippen LogP contribution in [0.1, 0.15) is 35.6 Å². The molecule has 1 aliphatic heterocycles. The Hall–Kier alpha value is -2.46. The van der Waals surface area contributed by atoms with E-state index >= 15 is 0 Å². The molecule has 4 rings (SSSR count). The minimum absolute atomic E-state index is 0.305. The Morgan fingerprint density at radius 1 is 1.19 bits per heavy atom. The average Bonchev–Trinajstić information content (AvgIpc) is 2.65. The summed E-state index contributed by atoms with van der Waals surface area (Å²) in [5.41, 5.74) is 5.57. The first-order valence-electron chi connectivity index (χ1n) is 9.21. The van der Waals surface area contributed by atoms with Crippen LogP contribution in [0.4, 0.5) is 5.69 Å². The lowest BCUT2D eigenvalue weighted by Gasteiger charge is -2.33. The van der Waals surface area contributed by atoms with Crippen molar-refractivity contribution < 1.29 is 9.15 Å². The number of benzene rings is 2. The van der Waals surface area contributed by atoms with Gasteiger partial charge < -0.3 is 14.1 Å². The molecule has 5 heteroatoms. The highest BCUT2D eigenvalue weighted by molar-refractivity contribution is 6.30. The van der Waals surface area contributed by atoms with Crippen molar-refractivity contribution in [3.8, 4) is 5.75 Å². The van der Waals surface area contributed by atoms with Crippen LogP contribution >= 0.6 is 11.6 Å². The number of aryl methyl sites for hydroxylation is 3. The monoisotopic (exact) mass is 383 g/mol. The van der Waals surface area contributed by atoms with Gasteiger partial charge in [0.15, 0.2) is 6.73 Å². The average molecular weight is 384 g/mol. The number of fused-ring (bicyclic) bond motifs is 2. The van der Waals surface area contributed by atoms with Crippen molar-refractivity contribution in [1.29, 1.82) is 0 Å². The van der Waals surface area contributed by atoms with Gasteiger partial charge in [-0.3, -0.25) is 0 Å². The van der Waals surface area contributed by atoms with Crippen molar-refractivity contribution in [2.45, 2.75) is 40.2 Å². The van der Waals surface area contributed by atoms with E-state index in [1.54, 1.807) is 6.07 Å². The van der Waals surface area contributed by atoms with Crippen LogP contribution in [0.5, 0.6) is 5.75 Å². The van der Waals surface area contributed by atoms with Gasteiger partial charge in [-0.25, -0.2) is 4.79 Å². The fourth-order valence-electron chi connectivity index (χ4n) is 3.84. The van der Waals surface area contributed by atoms with Crippen LogP contribution in [0, 0.1) is 13.8 Å². The van der Waals surface area contributed by atoms with Gasteiger partial charge in [0.25, 0.3) is 0 Å². The molecular formula is C22H22ClNO3. The molecular weight excluding hydrogens is 362 g/mol. The lowest BCUT2D eigenvalue weighted by Crippen LogP contribution is -2.32. The predicted octanol–water partition coefficient (Wildman–Crippen LogP) is 5.37. The molecule has 0 spiro atoms. The number of nitrogens with zero attached hydrogens (tertiary/aromatic N) is 1. The maximum absolute atomic E-state index is 12.0. The molecule has 2 aromatic carbocycles. The number of halogens is 1. The fraction of sp³-hybridized carbons (Fsp3) is 0.318. The molecule has 140 valence electrons. The number of anilines is 1. The summed E-state index contributed by atoms with van der Waals surface area (Å²) in [5.74, 6) is 0.815. The quantitative estimate of drug-likeness (QED) is 0.570. The Balaban J connectivity index is 1.83. The molecule has 1 aliphatic rings. The molecule has 0 unspecified atom stereocenters. The second-order valence-electron chi connectivity index (χ2n) is 7.11. The standard InChI is InChI=1S/C22H22ClNO3/c1-4-5-15-9-20(25)27-22-14(3)21-16(8-18(15)22)11-24(12-26-21)19-10-17(23)7-6-13(19)2/h6-10H,4-5,11-12H2,1-3H3. The van der Waals surface area contributed by atoms with Gasteiger partial charge in [-0.2, -0.15) is 0 Å². The van der Waals surface area contributed by atoms with Crippen molar-refractivity contribution in [1.82, 2.24) is 0 Å². The lowest BCUT2D eigenvalue weighted by molar-refractivity contribution is 0.287. The third kappa shape index (κ3) is 3.19. The van der Waals surface area contributed by atoms with Gasteiger partial charge in [0.05, 0.1) is 0 Å². The van der Waals surface area contributed by atoms with Gasteiger partial charge in [0.1, 0.15) is 11.3 Å². The van der Waals surface area contributed by atoms with E-state index in [0.717, 1.165) is 58.5 Å². The molecule has 0 aliphatic carbocycles. The Bertz CT molecular complexity index is 1090. The summed E-state index contributed by atoms with van der Waals surface area (Å²) < 4.78 is 11.6. The molecule has 0 atom stereocenters. The molecule has 0 amide bonds. The van der Waals surface area contributed by atoms with E-state index in [9.17, 15) is 4.79 Å². The van der Waals surface area contributed by atoms with E-state index in [2.05, 4.69) is 24.8 Å². The first-order chi connectivity index (χ1) is 13.0. The summed E-state index contributed by atoms with van der Waals surface area (Å²) in [7, 11) is 0. The predicted molar refractivity (Wildman–Crippen MR) is 109 cm³/mol. The number of hydrogen-bond acceptors (Lipinski definition) is 4. The molecule has 0 bridgehead atoms. The van der Waals surface area contributed by atoms with Gasteiger partial charge in [-0.15, -0.1) is 0 Å². The Morgan fingerprint density at radius 3 is 2.78 bits per heavy atom. The normalized spacial score (nSPS) is 13.6. The van der Waals surface area contributed by atoms with E-state index in [4.69, 9.17) is 20.8 Å². The van der Waals surface area contributed by atoms with Gasteiger partial charge >= 0.3 is 5.63 Å². The molecule has 3 aromatic rings. The van der Waals surface area contributed by atoms with E-state index < -0.39 is 0 Å². The Morgan fingerprint density at radius 2 is 2.00 bits per heavy atom. The smallest absolute Gasteiger partial charge is 0.336 e. The first kappa shape index (κ1) is 17.9. The number of rotatable bonds is 3. The molecule has 0 radical (unpaired) electrons. The van der Waals surface area contributed by atoms with Crippen molar-refractivity contribution in [3.05, 3.63) is 68.0 Å². The zero-order valence-corrected chi connectivity index (χ0v) is 16.5. The highest BCUT2D eigenvalue weighted by Crippen LogP contribution is 2.38. The third-order valence-electron chi connectivity index (χ3n) is 5.13. The van der Waals surface area contributed by atoms with Crippen molar-refractivity contribution >= 4 is 28.3 Å². The van der Waals surface area contributed by atoms with Crippen LogP contribution in [-0.2, 0) is 13.0 Å². The molecule has 0 saturated carbocycles. The molecule has 1 aromatic heterocycles. The summed E-state index contributed by atoms with van der Waals surface area (Å²) in [6.07, 6.45) is 1.82. The minimum Gasteiger partial charge on any atom is -0.472 e. The highest BCUT2D eigenvalue weighted by Gasteiger charge is 2.24. The summed E-state index contributed by atoms with van der Waals surface area (Å²) >= 11 is 6.20. The lowest BCUT2D eigenvalue weighted by atomic mass is 9.98. The van der Waals surface area contributed by atoms with E-state index in [0.29, 0.717) is 17.3 Å². The van der Waals surface area contributed by atoms with Crippen molar-refractivity contribution in [2.24, 2.45) is 0 Å². The van der Waals surface area contributed by atoms with Crippen LogP contribution in [-0.4, -0.2) is 6.73 Å². The van der Waals surface area contributed by atoms with Gasteiger partial charge in [-0.1, -0.05) is 31.0 Å². The van der Waals surface area contributed by atoms with Gasteiger partial charge in [-0.05, 0) is 49.6 Å². The summed E-state index contributed by atoms with van der Waals surface area (Å²) in [4.78, 5) is 14.2. The van der Waals surface area contributed by atoms with Crippen molar-refractivity contribution in [2.75, 3.05) is 11.6 Å². The van der Waals surface area contributed by atoms with Gasteiger partial charge in [0, 0.05) is 39.8 Å². The number of hydrogen-bond donors (Lipinski definition) is 0. The molecule has 0 fully saturated rings. The van der Waals surface area contributed by atoms with E-state index in [1.165, 1.54) is 0 Å². The maximum atomic E-state index is 12.0. The third-order valence-corrected chi connectivity index (χ3v) is 5.37. The summed E-state index contributed by atoms with van der Waals surface area (Å²) in [5, 5.41) is 1.71. The van der Waals surface area contributed by atoms with Crippen LogP contribution in [0.2, 0.25) is 5.02 Å². The second-order valence-corrected chi connectivity index (χ2v) is 7.55. The molecule has 2 heterocycles. The van der Waals surface area contributed by atoms with E-state index in [1.807, 2.05) is 25.1 Å². The molecule has 0 N–H and O–H groups in total. The SMILES string of the molecule is CCCc1cc(=O)oc2c(C)c3c(cc12)CN(c1cc(Cl)ccc1C)CO3. The topological polar surface area (TPSA) is 42.7 Å². The minimum atomic E-state index is -0.305. The van der Waals surface area contributed by atoms with E-state index in [-0.39, 0.29) is 5.63 Å². The fourth-order valence-corrected chi connectivity index (χ4v) is 4.00. The van der Waals surface area contributed by atoms with Crippen LogP contribution in [0.25, 0.3) is 11.0 Å². The second kappa shape index (κ2) is 6.93. The zero-order chi connectivity index (χ0) is 19.1. The molecule has 27 heavy (non-hydrogen) atoms. The molecule has 4 nitrogen and oxygen atoms in total. The maximum Gasteiger partial charge on any atom is 0.336 e. The highest BCUT2D eigenvalue weighted by atomic mass is 35.5. The Kier molecular flexibility index (Phi) is 4.60. The molecule has 0 saturated heterocycles. The van der Waals surface area contributed by atoms with Crippen LogP contribution in [0.15, 0.2) is 39.5 Å². The zero-order valence-electron chi connectivity index (χ0n) is 15.8. The Labute approximate surface area is 163 Å². The summed E-state index contributed by atoms with van der Waals surface area (Å²) in [6, 6.07) is 9.61. The number of ether oxygens (including phenoxy) is 1. The van der Waals surface area contributed by atoms with Crippen LogP contribution < -0.4 is 15.3 Å². The van der Waals surface area contributed by atoms with Gasteiger partial charge in [0.2, 0.25) is 0 Å². The summed E-state index contributed by atoms with van der Waals surface area (Å²) in [6.45, 7) is 7.29. The first-order valence-corrected chi connectivity index (χ1v) is 9.59. The largest absolute Gasteiger partial charge is 0.472 e. The van der Waals surface area contributed by atoms with Crippen LogP contribution in [0.3, 0.4) is 0 Å².